The predicted octanol–water partition coefficient (Wildman–Crippen LogP) is 2.99. The lowest BCUT2D eigenvalue weighted by molar-refractivity contribution is -0.181. The number of carbonyl (C=O) groups excluding carboxylic acids is 1. The van der Waals surface area contributed by atoms with E-state index in [0.29, 0.717) is 16.2 Å². The molecule has 1 rings (SSSR count). The Labute approximate surface area is 120 Å². The quantitative estimate of drug-likeness (QED) is 0.756. The van der Waals surface area contributed by atoms with Gasteiger partial charge in [-0.1, -0.05) is 18.2 Å². The van der Waals surface area contributed by atoms with Crippen molar-refractivity contribution in [1.82, 2.24) is 4.90 Å². The first-order valence-corrected chi connectivity index (χ1v) is 6.27. The SMILES string of the molecule is COc1ccccc1CC(C)N(C)C(=O)C(F)(F)C(F)F. The van der Waals surface area contributed by atoms with E-state index in [2.05, 4.69) is 0 Å². The van der Waals surface area contributed by atoms with Gasteiger partial charge in [0.15, 0.2) is 0 Å². The van der Waals surface area contributed by atoms with Gasteiger partial charge in [0.25, 0.3) is 5.91 Å². The molecule has 0 N–H and O–H groups in total. The monoisotopic (exact) mass is 307 g/mol. The van der Waals surface area contributed by atoms with Gasteiger partial charge in [0.05, 0.1) is 7.11 Å². The van der Waals surface area contributed by atoms with Gasteiger partial charge in [-0.05, 0) is 25.0 Å². The highest BCUT2D eigenvalue weighted by Gasteiger charge is 2.51. The van der Waals surface area contributed by atoms with Gasteiger partial charge in [0, 0.05) is 13.1 Å². The molecule has 1 amide bonds. The molecule has 118 valence electrons. The summed E-state index contributed by atoms with van der Waals surface area (Å²) >= 11 is 0. The fourth-order valence-corrected chi connectivity index (χ4v) is 1.86. The molecule has 1 aromatic carbocycles. The van der Waals surface area contributed by atoms with Crippen molar-refractivity contribution in [2.24, 2.45) is 0 Å². The maximum Gasteiger partial charge on any atom is 0.383 e. The van der Waals surface area contributed by atoms with Crippen LogP contribution in [0.5, 0.6) is 5.75 Å². The molecule has 1 atom stereocenters. The van der Waals surface area contributed by atoms with Crippen molar-refractivity contribution in [3.63, 3.8) is 0 Å². The highest BCUT2D eigenvalue weighted by atomic mass is 19.3. The van der Waals surface area contributed by atoms with E-state index in [0.717, 1.165) is 7.05 Å². The van der Waals surface area contributed by atoms with E-state index in [9.17, 15) is 22.4 Å². The molecule has 21 heavy (non-hydrogen) atoms. The van der Waals surface area contributed by atoms with Crippen LogP contribution in [0.1, 0.15) is 12.5 Å². The summed E-state index contributed by atoms with van der Waals surface area (Å²) in [4.78, 5) is 12.1. The molecule has 0 aliphatic heterocycles. The molecule has 0 aliphatic carbocycles. The number of para-hydroxylation sites is 1. The lowest BCUT2D eigenvalue weighted by Gasteiger charge is -2.28. The molecular formula is C14H17F4NO2. The standard InChI is InChI=1S/C14H17F4NO2/c1-9(8-10-6-4-5-7-11(10)21-3)19(2)13(20)14(17,18)12(15)16/h4-7,9,12H,8H2,1-3H3. The highest BCUT2D eigenvalue weighted by Crippen LogP contribution is 2.27. The normalized spacial score (nSPS) is 13.1. The van der Waals surface area contributed by atoms with Crippen LogP contribution in [-0.4, -0.2) is 43.4 Å². The maximum absolute atomic E-state index is 13.1. The summed E-state index contributed by atoms with van der Waals surface area (Å²) in [7, 11) is 2.54. The number of alkyl halides is 4. The van der Waals surface area contributed by atoms with E-state index < -0.39 is 24.3 Å². The molecule has 0 bridgehead atoms. The van der Waals surface area contributed by atoms with Crippen LogP contribution >= 0.6 is 0 Å². The number of methoxy groups -OCH3 is 1. The number of rotatable bonds is 6. The second kappa shape index (κ2) is 6.78. The summed E-state index contributed by atoms with van der Waals surface area (Å²) in [6.07, 6.45) is -3.81. The first kappa shape index (κ1) is 17.3. The second-order valence-corrected chi connectivity index (χ2v) is 4.70. The number of ether oxygens (including phenoxy) is 1. The van der Waals surface area contributed by atoms with Gasteiger partial charge in [-0.3, -0.25) is 4.79 Å². The number of nitrogens with zero attached hydrogens (tertiary/aromatic N) is 1. The number of amides is 1. The fourth-order valence-electron chi connectivity index (χ4n) is 1.86. The number of carbonyl (C=O) groups is 1. The third-order valence-corrected chi connectivity index (χ3v) is 3.25. The van der Waals surface area contributed by atoms with Gasteiger partial charge in [-0.2, -0.15) is 8.78 Å². The molecule has 0 spiro atoms. The minimum atomic E-state index is -4.68. The summed E-state index contributed by atoms with van der Waals surface area (Å²) in [6.45, 7) is 1.51. The molecule has 0 radical (unpaired) electrons. The zero-order valence-corrected chi connectivity index (χ0v) is 11.9. The molecule has 7 heteroatoms. The first-order chi connectivity index (χ1) is 9.71. The molecule has 0 saturated carbocycles. The van der Waals surface area contributed by atoms with Crippen LogP contribution in [0.2, 0.25) is 0 Å². The third kappa shape index (κ3) is 3.86. The average Bonchev–Trinajstić information content (AvgIpc) is 2.45. The molecule has 0 saturated heterocycles. The third-order valence-electron chi connectivity index (χ3n) is 3.25. The molecule has 1 unspecified atom stereocenters. The van der Waals surface area contributed by atoms with Crippen molar-refractivity contribution in [3.05, 3.63) is 29.8 Å². The lowest BCUT2D eigenvalue weighted by atomic mass is 10.0. The van der Waals surface area contributed by atoms with Crippen LogP contribution in [0.15, 0.2) is 24.3 Å². The van der Waals surface area contributed by atoms with Gasteiger partial charge in [-0.25, -0.2) is 8.78 Å². The van der Waals surface area contributed by atoms with Crippen LogP contribution in [0.3, 0.4) is 0 Å². The zero-order chi connectivity index (χ0) is 16.2. The topological polar surface area (TPSA) is 29.5 Å². The number of benzene rings is 1. The smallest absolute Gasteiger partial charge is 0.383 e. The van der Waals surface area contributed by atoms with E-state index in [1.807, 2.05) is 0 Å². The van der Waals surface area contributed by atoms with Crippen molar-refractivity contribution in [2.45, 2.75) is 31.7 Å². The molecule has 0 aromatic heterocycles. The highest BCUT2D eigenvalue weighted by molar-refractivity contribution is 5.84. The van der Waals surface area contributed by atoms with Crippen molar-refractivity contribution in [2.75, 3.05) is 14.2 Å². The van der Waals surface area contributed by atoms with E-state index in [4.69, 9.17) is 4.74 Å². The zero-order valence-electron chi connectivity index (χ0n) is 11.9. The van der Waals surface area contributed by atoms with Gasteiger partial charge in [0.1, 0.15) is 5.75 Å². The second-order valence-electron chi connectivity index (χ2n) is 4.70. The van der Waals surface area contributed by atoms with Crippen LogP contribution in [0.25, 0.3) is 0 Å². The Morgan fingerprint density at radius 3 is 2.43 bits per heavy atom. The predicted molar refractivity (Wildman–Crippen MR) is 69.9 cm³/mol. The summed E-state index contributed by atoms with van der Waals surface area (Å²) < 4.78 is 55.7. The molecular weight excluding hydrogens is 290 g/mol. The Morgan fingerprint density at radius 1 is 1.33 bits per heavy atom. The molecule has 0 fully saturated rings. The van der Waals surface area contributed by atoms with Crippen LogP contribution < -0.4 is 4.74 Å². The van der Waals surface area contributed by atoms with Crippen LogP contribution in [-0.2, 0) is 11.2 Å². The van der Waals surface area contributed by atoms with E-state index in [1.165, 1.54) is 14.0 Å². The summed E-state index contributed by atoms with van der Waals surface area (Å²) in [5.41, 5.74) is 0.701. The number of hydrogen-bond acceptors (Lipinski definition) is 2. The molecule has 0 heterocycles. The first-order valence-electron chi connectivity index (χ1n) is 6.27. The van der Waals surface area contributed by atoms with Crippen molar-refractivity contribution in [1.29, 1.82) is 0 Å². The maximum atomic E-state index is 13.1. The Hall–Kier alpha value is -1.79. The van der Waals surface area contributed by atoms with Gasteiger partial charge in [0.2, 0.25) is 0 Å². The Kier molecular flexibility index (Phi) is 5.57. The van der Waals surface area contributed by atoms with Crippen molar-refractivity contribution in [3.8, 4) is 5.75 Å². The molecule has 1 aromatic rings. The van der Waals surface area contributed by atoms with Crippen molar-refractivity contribution >= 4 is 5.91 Å². The average molecular weight is 307 g/mol. The minimum absolute atomic E-state index is 0.214. The van der Waals surface area contributed by atoms with E-state index >= 15 is 0 Å². The summed E-state index contributed by atoms with van der Waals surface area (Å²) in [5, 5.41) is 0. The van der Waals surface area contributed by atoms with Gasteiger partial charge >= 0.3 is 12.3 Å². The number of likely N-dealkylation sites (N-methyl/N-ethyl adjacent to an activating group) is 1. The van der Waals surface area contributed by atoms with E-state index in [1.54, 1.807) is 24.3 Å². The summed E-state index contributed by atoms with van der Waals surface area (Å²) in [6, 6.07) is 6.21. The Balaban J connectivity index is 2.84. The Bertz CT molecular complexity index is 494. The molecule has 3 nitrogen and oxygen atoms in total. The largest absolute Gasteiger partial charge is 0.496 e. The number of hydrogen-bond donors (Lipinski definition) is 0. The van der Waals surface area contributed by atoms with E-state index in [-0.39, 0.29) is 6.42 Å². The fraction of sp³-hybridized carbons (Fsp3) is 0.500. The Morgan fingerprint density at radius 2 is 1.90 bits per heavy atom. The van der Waals surface area contributed by atoms with Crippen LogP contribution in [0, 0.1) is 0 Å². The van der Waals surface area contributed by atoms with Gasteiger partial charge < -0.3 is 9.64 Å². The van der Waals surface area contributed by atoms with Gasteiger partial charge in [-0.15, -0.1) is 0 Å². The molecule has 0 aliphatic rings. The lowest BCUT2D eigenvalue weighted by Crippen LogP contribution is -2.49. The number of halogens is 4. The minimum Gasteiger partial charge on any atom is -0.496 e. The van der Waals surface area contributed by atoms with Crippen molar-refractivity contribution < 1.29 is 27.1 Å². The van der Waals surface area contributed by atoms with Crippen LogP contribution in [0.4, 0.5) is 17.6 Å². The summed E-state index contributed by atoms with van der Waals surface area (Å²) in [5.74, 6) is -6.02.